The van der Waals surface area contributed by atoms with E-state index in [9.17, 15) is 4.79 Å². The normalized spacial score (nSPS) is 25.1. The molecule has 1 aliphatic rings. The first-order chi connectivity index (χ1) is 7.99. The number of aryl methyl sites for hydroxylation is 2. The molecule has 0 spiro atoms. The lowest BCUT2D eigenvalue weighted by atomic mass is 9.99. The minimum atomic E-state index is 0.102. The number of hydrogen-bond acceptors (Lipinski definition) is 2. The molecule has 3 nitrogen and oxygen atoms in total. The fraction of sp³-hybridized carbons (Fsp3) is 0.615. The maximum atomic E-state index is 12.3. The van der Waals surface area contributed by atoms with Gasteiger partial charge in [0.05, 0.1) is 5.56 Å². The summed E-state index contributed by atoms with van der Waals surface area (Å²) >= 11 is 3.65. The lowest BCUT2D eigenvalue weighted by Crippen LogP contribution is -2.43. The zero-order valence-electron chi connectivity index (χ0n) is 10.5. The molecule has 2 unspecified atom stereocenters. The van der Waals surface area contributed by atoms with Crippen molar-refractivity contribution >= 4 is 21.8 Å². The molecular formula is C13H18BrNO2. The van der Waals surface area contributed by atoms with Gasteiger partial charge in [0.2, 0.25) is 0 Å². The van der Waals surface area contributed by atoms with Crippen LogP contribution in [0.4, 0.5) is 0 Å². The molecular weight excluding hydrogens is 282 g/mol. The third kappa shape index (κ3) is 2.57. The second-order valence-electron chi connectivity index (χ2n) is 4.86. The van der Waals surface area contributed by atoms with Crippen molar-refractivity contribution < 1.29 is 9.21 Å². The third-order valence-corrected chi connectivity index (χ3v) is 4.72. The summed E-state index contributed by atoms with van der Waals surface area (Å²) in [6, 6.07) is 1.84. The van der Waals surface area contributed by atoms with Crippen molar-refractivity contribution in [1.29, 1.82) is 0 Å². The number of amides is 1. The summed E-state index contributed by atoms with van der Waals surface area (Å²) in [5, 5.41) is 0. The van der Waals surface area contributed by atoms with Crippen molar-refractivity contribution in [3.05, 3.63) is 23.2 Å². The highest BCUT2D eigenvalue weighted by Crippen LogP contribution is 2.25. The largest absolute Gasteiger partial charge is 0.466 e. The topological polar surface area (TPSA) is 33.5 Å². The molecule has 1 fully saturated rings. The maximum Gasteiger partial charge on any atom is 0.257 e. The molecule has 0 radical (unpaired) electrons. The van der Waals surface area contributed by atoms with E-state index >= 15 is 0 Å². The smallest absolute Gasteiger partial charge is 0.257 e. The lowest BCUT2D eigenvalue weighted by molar-refractivity contribution is 0.0688. The van der Waals surface area contributed by atoms with Crippen LogP contribution in [0.15, 0.2) is 10.5 Å². The molecule has 1 aromatic heterocycles. The van der Waals surface area contributed by atoms with Crippen LogP contribution in [-0.4, -0.2) is 28.7 Å². The third-order valence-electron chi connectivity index (χ3n) is 3.36. The van der Waals surface area contributed by atoms with E-state index in [2.05, 4.69) is 22.9 Å². The average Bonchev–Trinajstić information content (AvgIpc) is 2.61. The second kappa shape index (κ2) is 4.84. The standard InChI is InChI=1S/C13H18BrNO2/c1-8-7-15(5-4-12(8)14)13(16)11-6-9(2)17-10(11)3/h6,8,12H,4-5,7H2,1-3H3. The van der Waals surface area contributed by atoms with Crippen LogP contribution in [0.2, 0.25) is 0 Å². The quantitative estimate of drug-likeness (QED) is 0.747. The fourth-order valence-electron chi connectivity index (χ4n) is 2.31. The first-order valence-corrected chi connectivity index (χ1v) is 6.91. The molecule has 0 aromatic carbocycles. The highest BCUT2D eigenvalue weighted by atomic mass is 79.9. The van der Waals surface area contributed by atoms with Crippen LogP contribution in [0.1, 0.15) is 35.2 Å². The van der Waals surface area contributed by atoms with E-state index in [1.54, 1.807) is 0 Å². The van der Waals surface area contributed by atoms with Crippen LogP contribution in [-0.2, 0) is 0 Å². The van der Waals surface area contributed by atoms with Crippen molar-refractivity contribution in [3.8, 4) is 0 Å². The molecule has 0 bridgehead atoms. The van der Waals surface area contributed by atoms with Gasteiger partial charge >= 0.3 is 0 Å². The van der Waals surface area contributed by atoms with Crippen molar-refractivity contribution in [2.24, 2.45) is 5.92 Å². The summed E-state index contributed by atoms with van der Waals surface area (Å²) in [7, 11) is 0. The molecule has 2 rings (SSSR count). The highest BCUT2D eigenvalue weighted by molar-refractivity contribution is 9.09. The van der Waals surface area contributed by atoms with Crippen molar-refractivity contribution in [3.63, 3.8) is 0 Å². The molecule has 2 atom stereocenters. The summed E-state index contributed by atoms with van der Waals surface area (Å²) in [5.74, 6) is 2.13. The zero-order valence-corrected chi connectivity index (χ0v) is 12.1. The van der Waals surface area contributed by atoms with Gasteiger partial charge in [-0.1, -0.05) is 22.9 Å². The summed E-state index contributed by atoms with van der Waals surface area (Å²) < 4.78 is 5.42. The molecule has 0 N–H and O–H groups in total. The van der Waals surface area contributed by atoms with Crippen LogP contribution in [0, 0.1) is 19.8 Å². The van der Waals surface area contributed by atoms with Gasteiger partial charge in [-0.2, -0.15) is 0 Å². The Morgan fingerprint density at radius 2 is 2.24 bits per heavy atom. The Bertz CT molecular complexity index is 427. The van der Waals surface area contributed by atoms with Gasteiger partial charge in [0, 0.05) is 17.9 Å². The number of furan rings is 1. The van der Waals surface area contributed by atoms with Gasteiger partial charge in [-0.25, -0.2) is 0 Å². The molecule has 0 aliphatic carbocycles. The van der Waals surface area contributed by atoms with Crippen molar-refractivity contribution in [2.45, 2.75) is 32.0 Å². The van der Waals surface area contributed by atoms with Gasteiger partial charge in [0.15, 0.2) is 0 Å². The zero-order chi connectivity index (χ0) is 12.6. The van der Waals surface area contributed by atoms with Crippen molar-refractivity contribution in [1.82, 2.24) is 4.90 Å². The van der Waals surface area contributed by atoms with Gasteiger partial charge in [-0.05, 0) is 32.3 Å². The summed E-state index contributed by atoms with van der Waals surface area (Å²) in [5.41, 5.74) is 0.711. The van der Waals surface area contributed by atoms with Gasteiger partial charge in [0.25, 0.3) is 5.91 Å². The number of carbonyl (C=O) groups is 1. The van der Waals surface area contributed by atoms with E-state index in [4.69, 9.17) is 4.42 Å². The number of hydrogen-bond donors (Lipinski definition) is 0. The second-order valence-corrected chi connectivity index (χ2v) is 6.04. The van der Waals surface area contributed by atoms with Crippen LogP contribution in [0.3, 0.4) is 0 Å². The Kier molecular flexibility index (Phi) is 3.61. The number of piperidine rings is 1. The molecule has 1 amide bonds. The monoisotopic (exact) mass is 299 g/mol. The Hall–Kier alpha value is -0.770. The minimum Gasteiger partial charge on any atom is -0.466 e. The van der Waals surface area contributed by atoms with Crippen molar-refractivity contribution in [2.75, 3.05) is 13.1 Å². The number of nitrogens with zero attached hydrogens (tertiary/aromatic N) is 1. The van der Waals surface area contributed by atoms with Gasteiger partial charge in [-0.15, -0.1) is 0 Å². The number of rotatable bonds is 1. The van der Waals surface area contributed by atoms with E-state index in [-0.39, 0.29) is 5.91 Å². The molecule has 1 saturated heterocycles. The first-order valence-electron chi connectivity index (χ1n) is 5.99. The molecule has 4 heteroatoms. The predicted octanol–water partition coefficient (Wildman–Crippen LogP) is 3.14. The summed E-state index contributed by atoms with van der Waals surface area (Å²) in [6.45, 7) is 7.53. The molecule has 2 heterocycles. The molecule has 1 aromatic rings. The van der Waals surface area contributed by atoms with Crippen LogP contribution < -0.4 is 0 Å². The lowest BCUT2D eigenvalue weighted by Gasteiger charge is -2.34. The van der Waals surface area contributed by atoms with E-state index in [0.717, 1.165) is 31.0 Å². The molecule has 1 aliphatic heterocycles. The van der Waals surface area contributed by atoms with E-state index in [1.807, 2.05) is 24.8 Å². The van der Waals surface area contributed by atoms with Crippen LogP contribution in [0.25, 0.3) is 0 Å². The van der Waals surface area contributed by atoms with E-state index in [0.29, 0.717) is 16.3 Å². The Morgan fingerprint density at radius 1 is 1.53 bits per heavy atom. The SMILES string of the molecule is Cc1cc(C(=O)N2CCC(Br)C(C)C2)c(C)o1. The average molecular weight is 300 g/mol. The number of carbonyl (C=O) groups excluding carboxylic acids is 1. The number of likely N-dealkylation sites (tertiary alicyclic amines) is 1. The van der Waals surface area contributed by atoms with E-state index < -0.39 is 0 Å². The van der Waals surface area contributed by atoms with Gasteiger partial charge < -0.3 is 9.32 Å². The first kappa shape index (κ1) is 12.7. The van der Waals surface area contributed by atoms with Crippen LogP contribution in [0.5, 0.6) is 0 Å². The van der Waals surface area contributed by atoms with Crippen LogP contribution >= 0.6 is 15.9 Å². The summed E-state index contributed by atoms with van der Waals surface area (Å²) in [4.78, 5) is 14.8. The summed E-state index contributed by atoms with van der Waals surface area (Å²) in [6.07, 6.45) is 1.02. The van der Waals surface area contributed by atoms with Gasteiger partial charge in [0.1, 0.15) is 11.5 Å². The Morgan fingerprint density at radius 3 is 2.76 bits per heavy atom. The minimum absolute atomic E-state index is 0.102. The molecule has 17 heavy (non-hydrogen) atoms. The maximum absolute atomic E-state index is 12.3. The predicted molar refractivity (Wildman–Crippen MR) is 70.6 cm³/mol. The van der Waals surface area contributed by atoms with Gasteiger partial charge in [-0.3, -0.25) is 4.79 Å². The Balaban J connectivity index is 2.13. The van der Waals surface area contributed by atoms with E-state index in [1.165, 1.54) is 0 Å². The molecule has 94 valence electrons. The molecule has 0 saturated carbocycles. The Labute approximate surface area is 110 Å². The number of alkyl halides is 1. The number of halogens is 1. The highest BCUT2D eigenvalue weighted by Gasteiger charge is 2.28. The fourth-order valence-corrected chi connectivity index (χ4v) is 2.69.